The maximum Gasteiger partial charge on any atom is 0.258 e. The lowest BCUT2D eigenvalue weighted by Crippen LogP contribution is -2.41. The van der Waals surface area contributed by atoms with Crippen molar-refractivity contribution in [2.75, 3.05) is 12.3 Å². The third kappa shape index (κ3) is 6.70. The number of rotatable bonds is 7. The summed E-state index contributed by atoms with van der Waals surface area (Å²) in [6.07, 6.45) is -0.422. The van der Waals surface area contributed by atoms with Gasteiger partial charge in [-0.3, -0.25) is 4.79 Å². The number of hydrogen-bond donors (Lipinski definition) is 3. The molecule has 0 aromatic carbocycles. The normalized spacial score (nSPS) is 12.7. The SMILES string of the molecule is CC(C)(C)NC[C@H](O)CSc1nc(-c2ccc(C(N)=O)s2)cs1.Cl. The average molecular weight is 408 g/mol. The summed E-state index contributed by atoms with van der Waals surface area (Å²) in [5.74, 6) is 0.174. The van der Waals surface area contributed by atoms with Crippen molar-refractivity contribution in [2.45, 2.75) is 36.8 Å². The first-order valence-electron chi connectivity index (χ1n) is 7.16. The van der Waals surface area contributed by atoms with Gasteiger partial charge in [0.1, 0.15) is 0 Å². The lowest BCUT2D eigenvalue weighted by Gasteiger charge is -2.22. The van der Waals surface area contributed by atoms with Gasteiger partial charge in [0.25, 0.3) is 5.91 Å². The molecule has 2 aromatic rings. The van der Waals surface area contributed by atoms with Crippen LogP contribution in [0.5, 0.6) is 0 Å². The van der Waals surface area contributed by atoms with Crippen molar-refractivity contribution in [1.82, 2.24) is 10.3 Å². The Labute approximate surface area is 160 Å². The summed E-state index contributed by atoms with van der Waals surface area (Å²) < 4.78 is 0.906. The first-order valence-corrected chi connectivity index (χ1v) is 9.84. The quantitative estimate of drug-likeness (QED) is 0.613. The summed E-state index contributed by atoms with van der Waals surface area (Å²) in [5.41, 5.74) is 6.11. The van der Waals surface area contributed by atoms with E-state index in [1.165, 1.54) is 34.4 Å². The Hall–Kier alpha value is -0.640. The summed E-state index contributed by atoms with van der Waals surface area (Å²) >= 11 is 4.42. The first-order chi connectivity index (χ1) is 10.7. The van der Waals surface area contributed by atoms with Crippen molar-refractivity contribution < 1.29 is 9.90 Å². The molecule has 0 radical (unpaired) electrons. The van der Waals surface area contributed by atoms with Crippen molar-refractivity contribution >= 4 is 52.7 Å². The molecule has 0 spiro atoms. The number of aliphatic hydroxyl groups excluding tert-OH is 1. The zero-order chi connectivity index (χ0) is 17.0. The van der Waals surface area contributed by atoms with Crippen molar-refractivity contribution in [2.24, 2.45) is 5.73 Å². The molecule has 4 N–H and O–H groups in total. The van der Waals surface area contributed by atoms with Gasteiger partial charge in [0.15, 0.2) is 4.34 Å². The number of halogens is 1. The fourth-order valence-electron chi connectivity index (χ4n) is 1.70. The Balaban J connectivity index is 0.00000288. The largest absolute Gasteiger partial charge is 0.391 e. The van der Waals surface area contributed by atoms with E-state index in [1.54, 1.807) is 6.07 Å². The molecule has 0 unspecified atom stereocenters. The second kappa shape index (κ2) is 9.17. The number of hydrogen-bond acceptors (Lipinski definition) is 7. The molecule has 0 saturated carbocycles. The van der Waals surface area contributed by atoms with Crippen LogP contribution in [-0.4, -0.2) is 39.9 Å². The predicted molar refractivity (Wildman–Crippen MR) is 106 cm³/mol. The van der Waals surface area contributed by atoms with Crippen molar-refractivity contribution in [3.05, 3.63) is 22.4 Å². The minimum atomic E-state index is -0.422. The highest BCUT2D eigenvalue weighted by atomic mass is 35.5. The summed E-state index contributed by atoms with van der Waals surface area (Å²) in [5, 5.41) is 15.2. The molecule has 9 heteroatoms. The van der Waals surface area contributed by atoms with Crippen molar-refractivity contribution in [3.8, 4) is 10.6 Å². The summed E-state index contributed by atoms with van der Waals surface area (Å²) in [4.78, 5) is 17.1. The van der Waals surface area contributed by atoms with E-state index >= 15 is 0 Å². The number of nitrogens with one attached hydrogen (secondary N) is 1. The molecule has 5 nitrogen and oxygen atoms in total. The van der Waals surface area contributed by atoms with E-state index in [2.05, 4.69) is 31.1 Å². The number of thiophene rings is 1. The molecule has 0 aliphatic heterocycles. The average Bonchev–Trinajstić information content (AvgIpc) is 3.10. The van der Waals surface area contributed by atoms with Crippen LogP contribution in [0.2, 0.25) is 0 Å². The van der Waals surface area contributed by atoms with Crippen LogP contribution in [0.4, 0.5) is 0 Å². The third-order valence-corrected chi connectivity index (χ3v) is 6.14. The van der Waals surface area contributed by atoms with Crippen LogP contribution in [-0.2, 0) is 0 Å². The smallest absolute Gasteiger partial charge is 0.258 e. The molecule has 1 atom stereocenters. The van der Waals surface area contributed by atoms with Crippen LogP contribution in [0, 0.1) is 0 Å². The molecule has 1 amide bonds. The van der Waals surface area contributed by atoms with Gasteiger partial charge < -0.3 is 16.2 Å². The Morgan fingerprint density at radius 1 is 1.46 bits per heavy atom. The predicted octanol–water partition coefficient (Wildman–Crippen LogP) is 3.23. The lowest BCUT2D eigenvalue weighted by atomic mass is 10.1. The maximum absolute atomic E-state index is 11.1. The zero-order valence-electron chi connectivity index (χ0n) is 13.7. The molecular formula is C15H22ClN3O2S3. The summed E-state index contributed by atoms with van der Waals surface area (Å²) in [6, 6.07) is 3.58. The van der Waals surface area contributed by atoms with Gasteiger partial charge in [0.05, 0.1) is 21.6 Å². The number of β-amino-alcohol motifs (C(OH)–C–C–N with tert-alkyl or cyclic N) is 1. The van der Waals surface area contributed by atoms with Crippen molar-refractivity contribution in [1.29, 1.82) is 0 Å². The monoisotopic (exact) mass is 407 g/mol. The molecular weight excluding hydrogens is 386 g/mol. The van der Waals surface area contributed by atoms with E-state index in [-0.39, 0.29) is 17.9 Å². The number of thioether (sulfide) groups is 1. The minimum Gasteiger partial charge on any atom is -0.391 e. The van der Waals surface area contributed by atoms with Gasteiger partial charge in [-0.2, -0.15) is 0 Å². The van der Waals surface area contributed by atoms with Gasteiger partial charge in [-0.25, -0.2) is 4.98 Å². The minimum absolute atomic E-state index is 0. The number of nitrogens with zero attached hydrogens (tertiary/aromatic N) is 1. The molecule has 2 aromatic heterocycles. The van der Waals surface area contributed by atoms with Crippen LogP contribution in [0.25, 0.3) is 10.6 Å². The fourth-order valence-corrected chi connectivity index (χ4v) is 4.37. The first kappa shape index (κ1) is 21.4. The van der Waals surface area contributed by atoms with Gasteiger partial charge in [0.2, 0.25) is 0 Å². The van der Waals surface area contributed by atoms with E-state index in [1.807, 2.05) is 11.4 Å². The number of thiazole rings is 1. The molecule has 2 heterocycles. The second-order valence-electron chi connectivity index (χ2n) is 6.12. The number of primary amides is 1. The van der Waals surface area contributed by atoms with Gasteiger partial charge in [0, 0.05) is 23.2 Å². The number of aromatic nitrogens is 1. The van der Waals surface area contributed by atoms with E-state index < -0.39 is 12.0 Å². The van der Waals surface area contributed by atoms with Crippen LogP contribution in [0.15, 0.2) is 21.9 Å². The molecule has 0 saturated heterocycles. The Morgan fingerprint density at radius 2 is 2.17 bits per heavy atom. The number of aliphatic hydroxyl groups is 1. The molecule has 0 aliphatic rings. The van der Waals surface area contributed by atoms with E-state index in [0.717, 1.165) is 14.9 Å². The van der Waals surface area contributed by atoms with Crippen LogP contribution >= 0.6 is 46.8 Å². The molecule has 0 aliphatic carbocycles. The highest BCUT2D eigenvalue weighted by molar-refractivity contribution is 8.01. The molecule has 0 bridgehead atoms. The molecule has 2 rings (SSSR count). The zero-order valence-corrected chi connectivity index (χ0v) is 17.0. The maximum atomic E-state index is 11.1. The topological polar surface area (TPSA) is 88.2 Å². The molecule has 0 fully saturated rings. The number of carbonyl (C=O) groups excluding carboxylic acids is 1. The Bertz CT molecular complexity index is 667. The number of nitrogens with two attached hydrogens (primary N) is 1. The third-order valence-electron chi connectivity index (χ3n) is 2.85. The van der Waals surface area contributed by atoms with Crippen LogP contribution in [0.1, 0.15) is 30.4 Å². The lowest BCUT2D eigenvalue weighted by molar-refractivity contribution is 0.100. The van der Waals surface area contributed by atoms with E-state index in [0.29, 0.717) is 17.2 Å². The van der Waals surface area contributed by atoms with Gasteiger partial charge in [-0.15, -0.1) is 35.1 Å². The van der Waals surface area contributed by atoms with Gasteiger partial charge in [-0.05, 0) is 32.9 Å². The van der Waals surface area contributed by atoms with Crippen molar-refractivity contribution in [3.63, 3.8) is 0 Å². The summed E-state index contributed by atoms with van der Waals surface area (Å²) in [6.45, 7) is 6.77. The number of amides is 1. The van der Waals surface area contributed by atoms with Crippen LogP contribution < -0.4 is 11.1 Å². The standard InChI is InChI=1S/C15H21N3O2S3.ClH/c1-15(2,3)17-6-9(19)7-21-14-18-10(8-22-14)11-4-5-12(23-11)13(16)20;/h4-5,8-9,17,19H,6-7H2,1-3H3,(H2,16,20);1H/t9-;/m0./s1. The van der Waals surface area contributed by atoms with E-state index in [9.17, 15) is 9.90 Å². The van der Waals surface area contributed by atoms with E-state index in [4.69, 9.17) is 5.73 Å². The number of carbonyl (C=O) groups is 1. The van der Waals surface area contributed by atoms with Gasteiger partial charge >= 0.3 is 0 Å². The molecule has 134 valence electrons. The summed E-state index contributed by atoms with van der Waals surface area (Å²) in [7, 11) is 0. The van der Waals surface area contributed by atoms with Crippen LogP contribution in [0.3, 0.4) is 0 Å². The Kier molecular flexibility index (Phi) is 8.17. The highest BCUT2D eigenvalue weighted by Crippen LogP contribution is 2.32. The van der Waals surface area contributed by atoms with Gasteiger partial charge in [-0.1, -0.05) is 11.8 Å². The Morgan fingerprint density at radius 3 is 2.75 bits per heavy atom. The molecule has 24 heavy (non-hydrogen) atoms. The second-order valence-corrected chi connectivity index (χ2v) is 9.33. The fraction of sp³-hybridized carbons (Fsp3) is 0.467. The highest BCUT2D eigenvalue weighted by Gasteiger charge is 2.14.